The molecule has 78 valence electrons. The summed E-state index contributed by atoms with van der Waals surface area (Å²) >= 11 is 0. The Balaban J connectivity index is 3.15. The summed E-state index contributed by atoms with van der Waals surface area (Å²) < 4.78 is 1.41. The van der Waals surface area contributed by atoms with Crippen LogP contribution in [0.4, 0.5) is 0 Å². The fourth-order valence-electron chi connectivity index (χ4n) is 1.18. The Morgan fingerprint density at radius 2 is 2.21 bits per heavy atom. The van der Waals surface area contributed by atoms with Crippen LogP contribution in [0.5, 0.6) is 0 Å². The third kappa shape index (κ3) is 1.78. The van der Waals surface area contributed by atoms with E-state index in [0.717, 1.165) is 12.1 Å². The molecule has 1 heterocycles. The number of hydrogen-bond donors (Lipinski definition) is 1. The van der Waals surface area contributed by atoms with Crippen LogP contribution >= 0.6 is 0 Å². The minimum atomic E-state index is -0.932. The maximum atomic E-state index is 10.8. The predicted molar refractivity (Wildman–Crippen MR) is 53.5 cm³/mol. The summed E-state index contributed by atoms with van der Waals surface area (Å²) in [5.74, 6) is -0.932. The van der Waals surface area contributed by atoms with E-state index in [4.69, 9.17) is 5.11 Å². The average Bonchev–Trinajstić information content (AvgIpc) is 2.48. The van der Waals surface area contributed by atoms with Crippen molar-refractivity contribution in [1.29, 1.82) is 0 Å². The molecule has 14 heavy (non-hydrogen) atoms. The van der Waals surface area contributed by atoms with Crippen molar-refractivity contribution in [3.05, 3.63) is 17.5 Å². The fourth-order valence-corrected chi connectivity index (χ4v) is 1.18. The zero-order valence-corrected chi connectivity index (χ0v) is 9.03. The van der Waals surface area contributed by atoms with Crippen molar-refractivity contribution in [3.8, 4) is 0 Å². The number of carboxylic acid groups (broad SMARTS) is 1. The van der Waals surface area contributed by atoms with E-state index in [2.05, 4.69) is 25.9 Å². The van der Waals surface area contributed by atoms with Gasteiger partial charge in [-0.05, 0) is 12.5 Å². The average molecular weight is 196 g/mol. The lowest BCUT2D eigenvalue weighted by Crippen LogP contribution is -2.16. The summed E-state index contributed by atoms with van der Waals surface area (Å²) in [6.45, 7) is 6.18. The van der Waals surface area contributed by atoms with Gasteiger partial charge in [-0.25, -0.2) is 4.79 Å². The standard InChI is InChI=1S/C10H16N2O2/c1-5-10(2,3)8-6-7(9(13)14)12(4)11-8/h6H,5H2,1-4H3,(H,13,14). The predicted octanol–water partition coefficient (Wildman–Crippen LogP) is 1.81. The number of rotatable bonds is 3. The van der Waals surface area contributed by atoms with Gasteiger partial charge >= 0.3 is 5.97 Å². The molecule has 4 nitrogen and oxygen atoms in total. The van der Waals surface area contributed by atoms with Crippen molar-refractivity contribution in [2.45, 2.75) is 32.6 Å². The number of hydrogen-bond acceptors (Lipinski definition) is 2. The first-order valence-electron chi connectivity index (χ1n) is 4.66. The van der Waals surface area contributed by atoms with Crippen LogP contribution in [-0.4, -0.2) is 20.9 Å². The SMILES string of the molecule is CCC(C)(C)c1cc(C(=O)O)n(C)n1. The van der Waals surface area contributed by atoms with Crippen LogP contribution in [0, 0.1) is 0 Å². The summed E-state index contributed by atoms with van der Waals surface area (Å²) in [6, 6.07) is 1.64. The van der Waals surface area contributed by atoms with E-state index in [1.807, 2.05) is 0 Å². The summed E-state index contributed by atoms with van der Waals surface area (Å²) in [4.78, 5) is 10.8. The van der Waals surface area contributed by atoms with Gasteiger partial charge in [0.25, 0.3) is 0 Å². The monoisotopic (exact) mass is 196 g/mol. The Morgan fingerprint density at radius 3 is 2.57 bits per heavy atom. The summed E-state index contributed by atoms with van der Waals surface area (Å²) in [7, 11) is 1.65. The minimum Gasteiger partial charge on any atom is -0.477 e. The van der Waals surface area contributed by atoms with Gasteiger partial charge in [-0.1, -0.05) is 20.8 Å². The zero-order chi connectivity index (χ0) is 10.9. The molecule has 1 aromatic heterocycles. The van der Waals surface area contributed by atoms with Crippen molar-refractivity contribution < 1.29 is 9.90 Å². The second-order valence-corrected chi connectivity index (χ2v) is 4.08. The second kappa shape index (κ2) is 3.44. The van der Waals surface area contributed by atoms with Gasteiger partial charge < -0.3 is 5.11 Å². The first-order valence-corrected chi connectivity index (χ1v) is 4.66. The maximum Gasteiger partial charge on any atom is 0.354 e. The number of aromatic carboxylic acids is 1. The van der Waals surface area contributed by atoms with Gasteiger partial charge in [-0.2, -0.15) is 5.10 Å². The largest absolute Gasteiger partial charge is 0.477 e. The van der Waals surface area contributed by atoms with Gasteiger partial charge in [0.05, 0.1) is 5.69 Å². The molecule has 0 fully saturated rings. The van der Waals surface area contributed by atoms with E-state index >= 15 is 0 Å². The molecule has 4 heteroatoms. The Labute approximate surface area is 83.5 Å². The van der Waals surface area contributed by atoms with E-state index in [0.29, 0.717) is 0 Å². The first kappa shape index (κ1) is 10.8. The van der Waals surface area contributed by atoms with Crippen LogP contribution in [0.25, 0.3) is 0 Å². The molecule has 0 radical (unpaired) electrons. The molecule has 0 aliphatic rings. The smallest absolute Gasteiger partial charge is 0.354 e. The Bertz CT molecular complexity index is 353. The molecular formula is C10H16N2O2. The van der Waals surface area contributed by atoms with Crippen molar-refractivity contribution in [2.24, 2.45) is 7.05 Å². The van der Waals surface area contributed by atoms with Crippen molar-refractivity contribution in [3.63, 3.8) is 0 Å². The van der Waals surface area contributed by atoms with Crippen molar-refractivity contribution in [1.82, 2.24) is 9.78 Å². The molecule has 0 aliphatic heterocycles. The van der Waals surface area contributed by atoms with Crippen LogP contribution in [0.15, 0.2) is 6.07 Å². The highest BCUT2D eigenvalue weighted by molar-refractivity contribution is 5.85. The lowest BCUT2D eigenvalue weighted by Gasteiger charge is -2.19. The van der Waals surface area contributed by atoms with Crippen LogP contribution in [0.1, 0.15) is 43.4 Å². The fraction of sp³-hybridized carbons (Fsp3) is 0.600. The van der Waals surface area contributed by atoms with Crippen LogP contribution in [0.3, 0.4) is 0 Å². The number of aromatic nitrogens is 2. The summed E-state index contributed by atoms with van der Waals surface area (Å²) in [5, 5.41) is 13.1. The minimum absolute atomic E-state index is 0.0640. The molecule has 1 aromatic rings. The molecule has 0 spiro atoms. The molecule has 0 aliphatic carbocycles. The topological polar surface area (TPSA) is 55.1 Å². The van der Waals surface area contributed by atoms with Crippen LogP contribution in [0.2, 0.25) is 0 Å². The highest BCUT2D eigenvalue weighted by atomic mass is 16.4. The van der Waals surface area contributed by atoms with Gasteiger partial charge in [0.1, 0.15) is 5.69 Å². The van der Waals surface area contributed by atoms with Gasteiger partial charge in [-0.3, -0.25) is 4.68 Å². The lowest BCUT2D eigenvalue weighted by molar-refractivity contribution is 0.0685. The number of carbonyl (C=O) groups is 1. The van der Waals surface area contributed by atoms with Crippen molar-refractivity contribution in [2.75, 3.05) is 0 Å². The Kier molecular flexibility index (Phi) is 2.64. The van der Waals surface area contributed by atoms with Crippen LogP contribution < -0.4 is 0 Å². The molecule has 1 N–H and O–H groups in total. The molecule has 0 saturated carbocycles. The van der Waals surface area contributed by atoms with Crippen LogP contribution in [-0.2, 0) is 12.5 Å². The molecule has 1 rings (SSSR count). The number of aryl methyl sites for hydroxylation is 1. The summed E-state index contributed by atoms with van der Waals surface area (Å²) in [5.41, 5.74) is 1.01. The number of nitrogens with zero attached hydrogens (tertiary/aromatic N) is 2. The second-order valence-electron chi connectivity index (χ2n) is 4.08. The molecule has 0 atom stereocenters. The molecule has 0 saturated heterocycles. The van der Waals surface area contributed by atoms with E-state index in [9.17, 15) is 4.79 Å². The third-order valence-electron chi connectivity index (χ3n) is 2.68. The first-order chi connectivity index (χ1) is 6.38. The Morgan fingerprint density at radius 1 is 1.64 bits per heavy atom. The normalized spacial score (nSPS) is 11.7. The highest BCUT2D eigenvalue weighted by Crippen LogP contribution is 2.25. The lowest BCUT2D eigenvalue weighted by atomic mass is 9.86. The van der Waals surface area contributed by atoms with Gasteiger partial charge in [0.15, 0.2) is 0 Å². The highest BCUT2D eigenvalue weighted by Gasteiger charge is 2.24. The Hall–Kier alpha value is -1.32. The van der Waals surface area contributed by atoms with E-state index in [-0.39, 0.29) is 11.1 Å². The summed E-state index contributed by atoms with van der Waals surface area (Å²) in [6.07, 6.45) is 0.934. The molecular weight excluding hydrogens is 180 g/mol. The van der Waals surface area contributed by atoms with Crippen molar-refractivity contribution >= 4 is 5.97 Å². The van der Waals surface area contributed by atoms with E-state index < -0.39 is 5.97 Å². The third-order valence-corrected chi connectivity index (χ3v) is 2.68. The number of carboxylic acids is 1. The van der Waals surface area contributed by atoms with Gasteiger partial charge in [0, 0.05) is 12.5 Å². The molecule has 0 aromatic carbocycles. The quantitative estimate of drug-likeness (QED) is 0.802. The molecule has 0 unspecified atom stereocenters. The van der Waals surface area contributed by atoms with E-state index in [1.54, 1.807) is 13.1 Å². The molecule has 0 bridgehead atoms. The molecule has 0 amide bonds. The zero-order valence-electron chi connectivity index (χ0n) is 9.03. The van der Waals surface area contributed by atoms with Gasteiger partial charge in [0.2, 0.25) is 0 Å². The van der Waals surface area contributed by atoms with Gasteiger partial charge in [-0.15, -0.1) is 0 Å². The van der Waals surface area contributed by atoms with E-state index in [1.165, 1.54) is 4.68 Å². The maximum absolute atomic E-state index is 10.8.